The van der Waals surface area contributed by atoms with Crippen LogP contribution < -0.4 is 0 Å². The molecule has 0 N–H and O–H groups in total. The standard InChI is InChI=1S/C14H10N2O.2C9H7N.C8H6N2.C5H5N.3C4H4N2.C4H4O.C4H4S.C4H4Se.27C2H6/c1-3-7-11(8-4-1)13-15-16-14(17-13)12-9-5-2-6-10-12;2*1-2-6-9-8(4-1)5-3-7-10-9;1-2-4-8-7(3-1)9-5-6-10-8;1-2-4-6-5-3-1;1-2-6-4-3-5-1;1-2-5-4-6-3-1;1-2-4-6-5-3-1;3*1-2-4-5-3-1;27*1-2/h1-10H;2*1-7H;1-6H;1-5H;3*1-4H;3*1-4H;27*1-2H3. The Hall–Kier alpha value is -11.2. The second-order valence-corrected chi connectivity index (χ2v) is 18.7. The molecule has 0 amide bonds. The summed E-state index contributed by atoms with van der Waals surface area (Å²) in [4.78, 5) is 39.6. The maximum atomic E-state index is 5.63. The van der Waals surface area contributed by atoms with Gasteiger partial charge in [-0.3, -0.25) is 34.9 Å². The van der Waals surface area contributed by atoms with Gasteiger partial charge < -0.3 is 8.83 Å². The van der Waals surface area contributed by atoms with E-state index in [1.165, 1.54) is 17.1 Å². The third-order valence-corrected chi connectivity index (χ3v) is 12.1. The predicted molar refractivity (Wildman–Crippen MR) is 651 cm³/mol. The van der Waals surface area contributed by atoms with Gasteiger partial charge in [-0.15, -0.1) is 10.2 Å². The zero-order valence-electron chi connectivity index (χ0n) is 101. The average Bonchev–Trinajstić information content (AvgIpc) is 1.67. The first kappa shape index (κ1) is 184. The fraction of sp³-hybridized carbons (Fsp3) is 0.439. The predicted octanol–water partition coefficient (Wildman–Crippen LogP) is 43.5. The number of nitrogens with zero attached hydrogens (tertiary/aromatic N) is 13. The van der Waals surface area contributed by atoms with Crippen LogP contribution in [-0.4, -0.2) is 79.8 Å². The molecule has 11 aromatic heterocycles. The van der Waals surface area contributed by atoms with Crippen molar-refractivity contribution in [1.29, 1.82) is 0 Å². The van der Waals surface area contributed by atoms with Gasteiger partial charge in [0.2, 0.25) is 11.8 Å². The number of benzene rings is 5. The number of para-hydroxylation sites is 4. The van der Waals surface area contributed by atoms with E-state index in [1.807, 2.05) is 585 Å². The summed E-state index contributed by atoms with van der Waals surface area (Å²) in [6, 6.07) is 74.5. The summed E-state index contributed by atoms with van der Waals surface area (Å²) in [6.45, 7) is 108. The van der Waals surface area contributed by atoms with Crippen molar-refractivity contribution in [3.63, 3.8) is 0 Å². The van der Waals surface area contributed by atoms with Crippen molar-refractivity contribution in [2.24, 2.45) is 0 Å². The molecule has 140 heavy (non-hydrogen) atoms. The SMILES string of the molecule is CC.CC.CC.CC.CC.CC.CC.CC.CC.CC.CC.CC.CC.CC.CC.CC.CC.CC.CC.CC.CC.CC.CC.CC.CC.CC.CC.c1cc[se]c1.c1ccc(-c2nnc(-c3ccccc3)o2)cc1.c1ccc2ncccc2c1.c1ccc2ncccc2c1.c1ccc2nccnc2c1.c1ccncc1.c1ccnnc1.c1ccoc1.c1ccsc1.c1cnccn1.c1cncnc1. The van der Waals surface area contributed by atoms with Crippen LogP contribution in [0.3, 0.4) is 0 Å². The number of thiophene rings is 1. The molecule has 802 valence electrons. The van der Waals surface area contributed by atoms with Crippen LogP contribution in [0.1, 0.15) is 374 Å². The van der Waals surface area contributed by atoms with Gasteiger partial charge in [0.1, 0.15) is 6.33 Å². The Bertz CT molecular complexity index is 3270. The molecule has 0 aliphatic heterocycles. The average molecular weight is 2030 g/mol. The summed E-state index contributed by atoms with van der Waals surface area (Å²) in [7, 11) is 0. The Labute approximate surface area is 880 Å². The van der Waals surface area contributed by atoms with Crippen molar-refractivity contribution in [2.75, 3.05) is 0 Å². The van der Waals surface area contributed by atoms with Gasteiger partial charge in [-0.05, 0) is 114 Å². The normalized spacial score (nSPS) is 6.79. The van der Waals surface area contributed by atoms with E-state index in [1.54, 1.807) is 104 Å². The molecule has 15 nitrogen and oxygen atoms in total. The number of fused-ring (bicyclic) bond motifs is 3. The minimum absolute atomic E-state index is 0.546. The second kappa shape index (κ2) is 229. The van der Waals surface area contributed by atoms with Crippen LogP contribution >= 0.6 is 11.3 Å². The molecule has 0 radical (unpaired) electrons. The first-order valence-electron chi connectivity index (χ1n) is 53.4. The van der Waals surface area contributed by atoms with Crippen molar-refractivity contribution in [3.05, 3.63) is 357 Å². The maximum absolute atomic E-state index is 5.63. The molecule has 0 spiro atoms. The number of hydrogen-bond donors (Lipinski definition) is 0. The molecule has 0 saturated heterocycles. The van der Waals surface area contributed by atoms with E-state index < -0.39 is 0 Å². The van der Waals surface area contributed by atoms with E-state index in [2.05, 4.69) is 116 Å². The van der Waals surface area contributed by atoms with Gasteiger partial charge >= 0.3 is 36.5 Å². The first-order chi connectivity index (χ1) is 69.8. The maximum Gasteiger partial charge on any atom is 0.248 e. The smallest absolute Gasteiger partial charge is 0.248 e. The second-order valence-electron chi connectivity index (χ2n) is 16.2. The molecule has 16 aromatic rings. The zero-order valence-corrected chi connectivity index (χ0v) is 103. The summed E-state index contributed by atoms with van der Waals surface area (Å²) in [5.74, 6) is 1.09. The van der Waals surface area contributed by atoms with Crippen LogP contribution in [0.5, 0.6) is 0 Å². The molecule has 0 atom stereocenters. The molecule has 0 bridgehead atoms. The number of rotatable bonds is 2. The van der Waals surface area contributed by atoms with E-state index in [4.69, 9.17) is 4.42 Å². The van der Waals surface area contributed by atoms with Crippen molar-refractivity contribution < 1.29 is 8.83 Å². The van der Waals surface area contributed by atoms with Gasteiger partial charge in [-0.1, -0.05) is 489 Å². The molecule has 17 heteroatoms. The van der Waals surface area contributed by atoms with E-state index in [9.17, 15) is 0 Å². The Morgan fingerprint density at radius 1 is 0.193 bits per heavy atom. The van der Waals surface area contributed by atoms with Gasteiger partial charge in [0.05, 0.1) is 34.6 Å². The molecule has 0 aliphatic rings. The fourth-order valence-corrected chi connectivity index (χ4v) is 7.72. The van der Waals surface area contributed by atoms with Crippen LogP contribution in [0.15, 0.2) is 366 Å². The monoisotopic (exact) mass is 2020 g/mol. The van der Waals surface area contributed by atoms with E-state index in [-0.39, 0.29) is 0 Å². The molecule has 5 aromatic carbocycles. The molecule has 16 rings (SSSR count). The van der Waals surface area contributed by atoms with Crippen LogP contribution in [-0.2, 0) is 0 Å². The summed E-state index contributed by atoms with van der Waals surface area (Å²) >= 11 is 2.42. The summed E-state index contributed by atoms with van der Waals surface area (Å²) in [5, 5.41) is 21.6. The van der Waals surface area contributed by atoms with Crippen LogP contribution in [0.4, 0.5) is 0 Å². The molecular weight excluding hydrogens is 1800 g/mol. The third-order valence-electron chi connectivity index (χ3n) is 10.1. The minimum atomic E-state index is 0.546. The van der Waals surface area contributed by atoms with Gasteiger partial charge in [0, 0.05) is 109 Å². The van der Waals surface area contributed by atoms with Crippen molar-refractivity contribution >= 4 is 58.7 Å². The molecule has 0 aliphatic carbocycles. The quantitative estimate of drug-likeness (QED) is 0.148. The Morgan fingerprint density at radius 3 is 0.629 bits per heavy atom. The number of aromatic nitrogens is 13. The molecule has 11 heterocycles. The van der Waals surface area contributed by atoms with E-state index in [0.717, 1.165) is 33.2 Å². The van der Waals surface area contributed by atoms with Crippen molar-refractivity contribution in [3.8, 4) is 22.9 Å². The van der Waals surface area contributed by atoms with Crippen molar-refractivity contribution in [2.45, 2.75) is 374 Å². The molecule has 0 saturated carbocycles. The molecule has 0 fully saturated rings. The topological polar surface area (TPSA) is 194 Å². The van der Waals surface area contributed by atoms with E-state index >= 15 is 0 Å². The van der Waals surface area contributed by atoms with E-state index in [0.29, 0.717) is 26.3 Å². The number of pyridine rings is 3. The summed E-state index contributed by atoms with van der Waals surface area (Å²) in [6.07, 6.45) is 28.5. The number of furan rings is 1. The van der Waals surface area contributed by atoms with Crippen LogP contribution in [0, 0.1) is 0 Å². The van der Waals surface area contributed by atoms with Crippen LogP contribution in [0.25, 0.3) is 55.7 Å². The summed E-state index contributed by atoms with van der Waals surface area (Å²) in [5.41, 5.74) is 5.88. The minimum Gasteiger partial charge on any atom is -0.473 e. The third kappa shape index (κ3) is 152. The molecule has 0 unspecified atom stereocenters. The molecular formula is C123H221N13O2SSe. The van der Waals surface area contributed by atoms with Crippen molar-refractivity contribution in [1.82, 2.24) is 65.3 Å². The van der Waals surface area contributed by atoms with Crippen LogP contribution in [0.2, 0.25) is 0 Å². The summed E-state index contributed by atoms with van der Waals surface area (Å²) < 4.78 is 10.2. The Balaban J connectivity index is -0.0000000528. The fourth-order valence-electron chi connectivity index (χ4n) is 6.31. The van der Waals surface area contributed by atoms with Gasteiger partial charge in [-0.25, -0.2) is 9.97 Å². The van der Waals surface area contributed by atoms with Gasteiger partial charge in [-0.2, -0.15) is 21.5 Å². The largest absolute Gasteiger partial charge is 0.473 e. The van der Waals surface area contributed by atoms with Gasteiger partial charge in [0.25, 0.3) is 0 Å². The van der Waals surface area contributed by atoms with Gasteiger partial charge in [0.15, 0.2) is 0 Å². The first-order valence-corrected chi connectivity index (χ1v) is 56.3. The number of hydrogen-bond acceptors (Lipinski definition) is 16. The Morgan fingerprint density at radius 2 is 0.436 bits per heavy atom. The Kier molecular flexibility index (Phi) is 301. The zero-order chi connectivity index (χ0) is 114.